The number of hydrogen-bond donors (Lipinski definition) is 4. The third-order valence-corrected chi connectivity index (χ3v) is 7.26. The van der Waals surface area contributed by atoms with Crippen molar-refractivity contribution in [2.24, 2.45) is 11.7 Å². The summed E-state index contributed by atoms with van der Waals surface area (Å²) in [5.74, 6) is 0.480. The first-order valence-corrected chi connectivity index (χ1v) is 13.4. The van der Waals surface area contributed by atoms with E-state index in [1.807, 2.05) is 44.2 Å². The third kappa shape index (κ3) is 5.29. The predicted molar refractivity (Wildman–Crippen MR) is 158 cm³/mol. The summed E-state index contributed by atoms with van der Waals surface area (Å²) in [6.45, 7) is 4.74. The number of hydrogen-bond acceptors (Lipinski definition) is 9. The van der Waals surface area contributed by atoms with Crippen LogP contribution in [-0.4, -0.2) is 54.7 Å². The summed E-state index contributed by atoms with van der Waals surface area (Å²) in [4.78, 5) is 47.0. The highest BCUT2D eigenvalue weighted by molar-refractivity contribution is 5.95. The summed E-state index contributed by atoms with van der Waals surface area (Å²) >= 11 is 0. The van der Waals surface area contributed by atoms with E-state index in [1.165, 1.54) is 0 Å². The second-order valence-electron chi connectivity index (χ2n) is 10.3. The Morgan fingerprint density at radius 3 is 2.48 bits per heavy atom. The highest BCUT2D eigenvalue weighted by Crippen LogP contribution is 2.35. The van der Waals surface area contributed by atoms with Crippen molar-refractivity contribution in [3.8, 4) is 22.9 Å². The average molecular weight is 564 g/mol. The van der Waals surface area contributed by atoms with Crippen LogP contribution in [0.3, 0.4) is 0 Å². The van der Waals surface area contributed by atoms with Crippen LogP contribution >= 0.6 is 0 Å². The standard InChI is InChI=1S/C30H29N9O3/c1-16-11-20(23-8-3-18(13-33-23)29(41)39-10-9-19(14-39)26(32)40)12-17(2)25(16)42-28-24-27(35-15-34-24)37-30(38-28)36-22-6-4-21(31)5-7-22/h3-8,11-13,15,19H,9-10,14,31H2,1-2H3,(H2,32,40)(H2,34,35,36,37,38). The Kier molecular flexibility index (Phi) is 6.87. The molecular weight excluding hydrogens is 534 g/mol. The van der Waals surface area contributed by atoms with Crippen molar-refractivity contribution in [1.29, 1.82) is 0 Å². The topological polar surface area (TPSA) is 178 Å². The zero-order chi connectivity index (χ0) is 29.4. The van der Waals surface area contributed by atoms with Crippen LogP contribution in [0.4, 0.5) is 17.3 Å². The number of ether oxygens (including phenoxy) is 1. The molecule has 0 bridgehead atoms. The number of benzene rings is 2. The van der Waals surface area contributed by atoms with Crippen molar-refractivity contribution in [2.45, 2.75) is 20.3 Å². The zero-order valence-corrected chi connectivity index (χ0v) is 23.1. The van der Waals surface area contributed by atoms with Gasteiger partial charge in [-0.1, -0.05) is 0 Å². The Bertz CT molecular complexity index is 1780. The van der Waals surface area contributed by atoms with Crippen LogP contribution in [0.1, 0.15) is 27.9 Å². The molecule has 1 saturated heterocycles. The molecule has 42 heavy (non-hydrogen) atoms. The number of nitrogens with one attached hydrogen (secondary N) is 2. The van der Waals surface area contributed by atoms with Gasteiger partial charge >= 0.3 is 0 Å². The molecule has 6 N–H and O–H groups in total. The van der Waals surface area contributed by atoms with E-state index in [-0.39, 0.29) is 17.7 Å². The molecule has 0 saturated carbocycles. The minimum atomic E-state index is -0.374. The lowest BCUT2D eigenvalue weighted by Crippen LogP contribution is -2.31. The molecule has 4 heterocycles. The maximum atomic E-state index is 12.9. The van der Waals surface area contributed by atoms with Gasteiger partial charge in [0, 0.05) is 36.2 Å². The number of nitrogens with two attached hydrogens (primary N) is 2. The Morgan fingerprint density at radius 1 is 1.05 bits per heavy atom. The molecule has 1 unspecified atom stereocenters. The largest absolute Gasteiger partial charge is 0.436 e. The van der Waals surface area contributed by atoms with Crippen molar-refractivity contribution in [3.05, 3.63) is 77.7 Å². The highest BCUT2D eigenvalue weighted by Gasteiger charge is 2.30. The number of primary amides is 1. The maximum Gasteiger partial charge on any atom is 0.255 e. The molecule has 1 aliphatic heterocycles. The Hall–Kier alpha value is -5.52. The Morgan fingerprint density at radius 2 is 1.81 bits per heavy atom. The molecule has 2 amide bonds. The van der Waals surface area contributed by atoms with Crippen LogP contribution < -0.4 is 21.5 Å². The maximum absolute atomic E-state index is 12.9. The number of pyridine rings is 1. The number of aromatic nitrogens is 5. The van der Waals surface area contributed by atoms with Crippen molar-refractivity contribution in [2.75, 3.05) is 24.1 Å². The van der Waals surface area contributed by atoms with Crippen LogP contribution in [0.25, 0.3) is 22.4 Å². The highest BCUT2D eigenvalue weighted by atomic mass is 16.5. The van der Waals surface area contributed by atoms with E-state index >= 15 is 0 Å². The minimum absolute atomic E-state index is 0.158. The lowest BCUT2D eigenvalue weighted by atomic mass is 10.0. The first-order chi connectivity index (χ1) is 20.2. The molecule has 12 heteroatoms. The third-order valence-electron chi connectivity index (χ3n) is 7.26. The van der Waals surface area contributed by atoms with Gasteiger partial charge in [-0.3, -0.25) is 14.6 Å². The average Bonchev–Trinajstić information content (AvgIpc) is 3.66. The first kappa shape index (κ1) is 26.7. The number of aryl methyl sites for hydroxylation is 2. The number of amides is 2. The summed E-state index contributed by atoms with van der Waals surface area (Å²) < 4.78 is 6.35. The number of aromatic amines is 1. The van der Waals surface area contributed by atoms with E-state index < -0.39 is 0 Å². The number of likely N-dealkylation sites (tertiary alicyclic amines) is 1. The van der Waals surface area contributed by atoms with Crippen molar-refractivity contribution in [1.82, 2.24) is 29.8 Å². The number of nitrogen functional groups attached to an aromatic ring is 1. The molecule has 0 spiro atoms. The van der Waals surface area contributed by atoms with Crippen molar-refractivity contribution in [3.63, 3.8) is 0 Å². The minimum Gasteiger partial charge on any atom is -0.436 e. The fourth-order valence-electron chi connectivity index (χ4n) is 5.04. The van der Waals surface area contributed by atoms with Gasteiger partial charge in [-0.25, -0.2) is 4.98 Å². The van der Waals surface area contributed by atoms with Gasteiger partial charge in [0.25, 0.3) is 11.8 Å². The number of carbonyl (C=O) groups is 2. The Labute approximate surface area is 241 Å². The van der Waals surface area contributed by atoms with E-state index in [2.05, 4.69) is 30.2 Å². The lowest BCUT2D eigenvalue weighted by molar-refractivity contribution is -0.121. The second kappa shape index (κ2) is 10.8. The molecular formula is C30H29N9O3. The lowest BCUT2D eigenvalue weighted by Gasteiger charge is -2.16. The quantitative estimate of drug-likeness (QED) is 0.212. The monoisotopic (exact) mass is 563 g/mol. The fourth-order valence-corrected chi connectivity index (χ4v) is 5.04. The van der Waals surface area contributed by atoms with Crippen molar-refractivity contribution >= 4 is 40.3 Å². The van der Waals surface area contributed by atoms with E-state index in [0.717, 1.165) is 22.4 Å². The van der Waals surface area contributed by atoms with Gasteiger partial charge in [0.15, 0.2) is 5.65 Å². The van der Waals surface area contributed by atoms with Gasteiger partial charge < -0.3 is 31.4 Å². The molecule has 6 rings (SSSR count). The van der Waals surface area contributed by atoms with Gasteiger partial charge in [0.1, 0.15) is 11.3 Å². The smallest absolute Gasteiger partial charge is 0.255 e. The molecule has 1 atom stereocenters. The predicted octanol–water partition coefficient (Wildman–Crippen LogP) is 4.10. The summed E-state index contributed by atoms with van der Waals surface area (Å²) in [6.07, 6.45) is 3.69. The number of carbonyl (C=O) groups excluding carboxylic acids is 2. The molecule has 12 nitrogen and oxygen atoms in total. The van der Waals surface area contributed by atoms with Gasteiger partial charge in [-0.15, -0.1) is 0 Å². The van der Waals surface area contributed by atoms with E-state index in [0.29, 0.717) is 65.2 Å². The number of imidazole rings is 1. The van der Waals surface area contributed by atoms with Crippen LogP contribution in [-0.2, 0) is 4.79 Å². The number of nitrogens with zero attached hydrogens (tertiary/aromatic N) is 5. The number of fused-ring (bicyclic) bond motifs is 1. The van der Waals surface area contributed by atoms with E-state index in [4.69, 9.17) is 16.2 Å². The number of anilines is 3. The molecule has 1 fully saturated rings. The van der Waals surface area contributed by atoms with Crippen LogP contribution in [0.15, 0.2) is 61.1 Å². The number of H-pyrrole nitrogens is 1. The summed E-state index contributed by atoms with van der Waals surface area (Å²) in [6, 6.07) is 14.8. The van der Waals surface area contributed by atoms with Crippen LogP contribution in [0, 0.1) is 19.8 Å². The summed E-state index contributed by atoms with van der Waals surface area (Å²) in [5.41, 5.74) is 17.5. The molecule has 2 aromatic carbocycles. The molecule has 1 aliphatic rings. The summed E-state index contributed by atoms with van der Waals surface area (Å²) in [7, 11) is 0. The summed E-state index contributed by atoms with van der Waals surface area (Å²) in [5, 5.41) is 3.17. The van der Waals surface area contributed by atoms with E-state index in [1.54, 1.807) is 35.6 Å². The molecule has 0 aliphatic carbocycles. The molecule has 0 radical (unpaired) electrons. The van der Waals surface area contributed by atoms with Crippen LogP contribution in [0.5, 0.6) is 11.6 Å². The normalized spacial score (nSPS) is 14.7. The SMILES string of the molecule is Cc1cc(-c2ccc(C(=O)N3CCC(C(N)=O)C3)cn2)cc(C)c1Oc1nc(Nc2ccc(N)cc2)nc2nc[nH]c12. The first-order valence-electron chi connectivity index (χ1n) is 13.4. The van der Waals surface area contributed by atoms with Gasteiger partial charge in [-0.05, 0) is 79.9 Å². The Balaban J connectivity index is 1.23. The van der Waals surface area contributed by atoms with E-state index in [9.17, 15) is 9.59 Å². The molecule has 5 aromatic rings. The second-order valence-corrected chi connectivity index (χ2v) is 10.3. The van der Waals surface area contributed by atoms with Crippen LogP contribution in [0.2, 0.25) is 0 Å². The van der Waals surface area contributed by atoms with Gasteiger partial charge in [-0.2, -0.15) is 9.97 Å². The van der Waals surface area contributed by atoms with Crippen molar-refractivity contribution < 1.29 is 14.3 Å². The zero-order valence-electron chi connectivity index (χ0n) is 23.1. The number of rotatable bonds is 7. The van der Waals surface area contributed by atoms with Gasteiger partial charge in [0.05, 0.1) is 23.5 Å². The molecule has 3 aromatic heterocycles. The van der Waals surface area contributed by atoms with Gasteiger partial charge in [0.2, 0.25) is 11.9 Å². The fraction of sp³-hybridized carbons (Fsp3) is 0.200. The molecule has 212 valence electrons.